The van der Waals surface area contributed by atoms with Gasteiger partial charge in [0.1, 0.15) is 11.6 Å². The van der Waals surface area contributed by atoms with Crippen molar-refractivity contribution >= 4 is 0 Å². The van der Waals surface area contributed by atoms with E-state index < -0.39 is 11.6 Å². The summed E-state index contributed by atoms with van der Waals surface area (Å²) in [6.07, 6.45) is 5.70. The smallest absolute Gasteiger partial charge is 0.130 e. The molecule has 21 heavy (non-hydrogen) atoms. The first-order chi connectivity index (χ1) is 10.0. The first-order valence-corrected chi connectivity index (χ1v) is 7.86. The lowest BCUT2D eigenvalue weighted by molar-refractivity contribution is 0.0571. The number of hydrogen-bond donors (Lipinski definition) is 1. The Balaban J connectivity index is 2.08. The fourth-order valence-corrected chi connectivity index (χ4v) is 3.44. The molecule has 0 bridgehead atoms. The van der Waals surface area contributed by atoms with E-state index in [1.54, 1.807) is 0 Å². The minimum atomic E-state index is -0.532. The molecule has 0 aliphatic heterocycles. The minimum absolute atomic E-state index is 0.0491. The quantitative estimate of drug-likeness (QED) is 0.898. The Hall–Kier alpha value is -1.00. The van der Waals surface area contributed by atoms with Crippen molar-refractivity contribution in [2.24, 2.45) is 11.7 Å². The maximum absolute atomic E-state index is 13.8. The van der Waals surface area contributed by atoms with Gasteiger partial charge in [-0.3, -0.25) is 4.90 Å². The number of likely N-dealkylation sites (N-methyl/N-ethyl adjacent to an activating group) is 1. The van der Waals surface area contributed by atoms with E-state index in [0.717, 1.165) is 24.8 Å². The molecule has 0 atom stereocenters. The third-order valence-corrected chi connectivity index (χ3v) is 5.23. The fourth-order valence-electron chi connectivity index (χ4n) is 3.44. The zero-order valence-corrected chi connectivity index (χ0v) is 13.0. The van der Waals surface area contributed by atoms with Crippen molar-refractivity contribution in [1.29, 1.82) is 0 Å². The number of nitrogens with two attached hydrogens (primary N) is 1. The molecule has 0 unspecified atom stereocenters. The summed E-state index contributed by atoms with van der Waals surface area (Å²) in [6.45, 7) is 3.29. The number of benzene rings is 1. The van der Waals surface area contributed by atoms with E-state index in [4.69, 9.17) is 5.73 Å². The van der Waals surface area contributed by atoms with Crippen molar-refractivity contribution in [3.8, 4) is 0 Å². The molecule has 0 radical (unpaired) electrons. The molecule has 1 aromatic rings. The van der Waals surface area contributed by atoms with Crippen LogP contribution in [-0.4, -0.2) is 24.0 Å². The largest absolute Gasteiger partial charge is 0.329 e. The summed E-state index contributed by atoms with van der Waals surface area (Å²) in [6, 6.07) is 3.80. The summed E-state index contributed by atoms with van der Waals surface area (Å²) in [4.78, 5) is 2.16. The lowest BCUT2D eigenvalue weighted by Gasteiger charge is -2.46. The van der Waals surface area contributed by atoms with Crippen LogP contribution in [0.5, 0.6) is 0 Å². The normalized spacial score (nSPS) is 26.3. The van der Waals surface area contributed by atoms with Gasteiger partial charge in [0.25, 0.3) is 0 Å². The van der Waals surface area contributed by atoms with Crippen LogP contribution < -0.4 is 5.73 Å². The number of nitrogens with zero attached hydrogens (tertiary/aromatic N) is 1. The summed E-state index contributed by atoms with van der Waals surface area (Å²) in [7, 11) is 2.00. The van der Waals surface area contributed by atoms with E-state index >= 15 is 0 Å². The van der Waals surface area contributed by atoms with E-state index in [1.807, 2.05) is 7.05 Å². The predicted octanol–water partition coefficient (Wildman–Crippen LogP) is 3.69. The second-order valence-corrected chi connectivity index (χ2v) is 6.37. The Kier molecular flexibility index (Phi) is 5.33. The Bertz CT molecular complexity index is 468. The first-order valence-electron chi connectivity index (χ1n) is 7.86. The van der Waals surface area contributed by atoms with Crippen LogP contribution in [0.2, 0.25) is 0 Å². The molecule has 118 valence electrons. The van der Waals surface area contributed by atoms with Gasteiger partial charge in [0.05, 0.1) is 0 Å². The lowest BCUT2D eigenvalue weighted by atomic mass is 9.74. The van der Waals surface area contributed by atoms with Crippen LogP contribution in [0.3, 0.4) is 0 Å². The van der Waals surface area contributed by atoms with Gasteiger partial charge in [-0.05, 0) is 44.7 Å². The third-order valence-electron chi connectivity index (χ3n) is 5.23. The topological polar surface area (TPSA) is 29.3 Å². The molecule has 0 spiro atoms. The minimum Gasteiger partial charge on any atom is -0.329 e. The van der Waals surface area contributed by atoms with E-state index in [-0.39, 0.29) is 5.54 Å². The summed E-state index contributed by atoms with van der Waals surface area (Å²) >= 11 is 0. The highest BCUT2D eigenvalue weighted by Crippen LogP contribution is 2.37. The SMILES string of the molecule is CCC1CCC(CN)(N(C)Cc2ccc(F)cc2F)CC1. The Labute approximate surface area is 126 Å². The van der Waals surface area contributed by atoms with Crippen LogP contribution in [0.1, 0.15) is 44.6 Å². The summed E-state index contributed by atoms with van der Waals surface area (Å²) in [5.41, 5.74) is 6.53. The van der Waals surface area contributed by atoms with Gasteiger partial charge in [-0.25, -0.2) is 8.78 Å². The van der Waals surface area contributed by atoms with E-state index in [0.29, 0.717) is 18.7 Å². The molecule has 2 rings (SSSR count). The average molecular weight is 296 g/mol. The maximum Gasteiger partial charge on any atom is 0.130 e. The lowest BCUT2D eigenvalue weighted by Crippen LogP contribution is -2.53. The molecule has 0 amide bonds. The summed E-state index contributed by atoms with van der Waals surface area (Å²) < 4.78 is 26.8. The van der Waals surface area contributed by atoms with Crippen molar-refractivity contribution in [1.82, 2.24) is 4.90 Å². The number of rotatable bonds is 5. The molecule has 1 aliphatic rings. The highest BCUT2D eigenvalue weighted by atomic mass is 19.1. The predicted molar refractivity (Wildman–Crippen MR) is 81.9 cm³/mol. The molecule has 2 N–H and O–H groups in total. The first kappa shape index (κ1) is 16.4. The van der Waals surface area contributed by atoms with Gasteiger partial charge in [-0.15, -0.1) is 0 Å². The zero-order chi connectivity index (χ0) is 15.5. The molecule has 0 heterocycles. The Morgan fingerprint density at radius 2 is 1.95 bits per heavy atom. The molecule has 1 saturated carbocycles. The maximum atomic E-state index is 13.8. The Morgan fingerprint density at radius 3 is 2.48 bits per heavy atom. The van der Waals surface area contributed by atoms with Crippen LogP contribution in [0.4, 0.5) is 8.78 Å². The van der Waals surface area contributed by atoms with Gasteiger partial charge in [0, 0.05) is 30.3 Å². The van der Waals surface area contributed by atoms with E-state index in [2.05, 4.69) is 11.8 Å². The monoisotopic (exact) mass is 296 g/mol. The highest BCUT2D eigenvalue weighted by Gasteiger charge is 2.37. The van der Waals surface area contributed by atoms with Crippen molar-refractivity contribution in [2.45, 2.75) is 51.1 Å². The van der Waals surface area contributed by atoms with Gasteiger partial charge in [0.2, 0.25) is 0 Å². The zero-order valence-electron chi connectivity index (χ0n) is 13.0. The molecule has 1 aromatic carbocycles. The van der Waals surface area contributed by atoms with Crippen molar-refractivity contribution < 1.29 is 8.78 Å². The van der Waals surface area contributed by atoms with Crippen LogP contribution in [-0.2, 0) is 6.54 Å². The van der Waals surface area contributed by atoms with Gasteiger partial charge in [-0.2, -0.15) is 0 Å². The van der Waals surface area contributed by atoms with Gasteiger partial charge >= 0.3 is 0 Å². The highest BCUT2D eigenvalue weighted by molar-refractivity contribution is 5.19. The van der Waals surface area contributed by atoms with Crippen LogP contribution in [0.25, 0.3) is 0 Å². The Morgan fingerprint density at radius 1 is 1.29 bits per heavy atom. The number of hydrogen-bond acceptors (Lipinski definition) is 2. The van der Waals surface area contributed by atoms with Crippen molar-refractivity contribution in [2.75, 3.05) is 13.6 Å². The second-order valence-electron chi connectivity index (χ2n) is 6.37. The molecule has 2 nitrogen and oxygen atoms in total. The van der Waals surface area contributed by atoms with Crippen molar-refractivity contribution in [3.05, 3.63) is 35.4 Å². The molecular formula is C17H26F2N2. The summed E-state index contributed by atoms with van der Waals surface area (Å²) in [5.74, 6) is -0.215. The van der Waals surface area contributed by atoms with E-state index in [1.165, 1.54) is 31.4 Å². The molecule has 1 fully saturated rings. The second kappa shape index (κ2) is 6.84. The number of halogens is 2. The average Bonchev–Trinajstić information content (AvgIpc) is 2.50. The van der Waals surface area contributed by atoms with Crippen molar-refractivity contribution in [3.63, 3.8) is 0 Å². The van der Waals surface area contributed by atoms with Gasteiger partial charge in [-0.1, -0.05) is 19.4 Å². The fraction of sp³-hybridized carbons (Fsp3) is 0.647. The van der Waals surface area contributed by atoms with Crippen LogP contribution in [0, 0.1) is 17.6 Å². The van der Waals surface area contributed by atoms with Crippen LogP contribution >= 0.6 is 0 Å². The van der Waals surface area contributed by atoms with Gasteiger partial charge in [0.15, 0.2) is 0 Å². The third kappa shape index (κ3) is 3.61. The molecule has 0 saturated heterocycles. The molecular weight excluding hydrogens is 270 g/mol. The van der Waals surface area contributed by atoms with E-state index in [9.17, 15) is 8.78 Å². The molecule has 4 heteroatoms. The molecule has 0 aromatic heterocycles. The van der Waals surface area contributed by atoms with Gasteiger partial charge < -0.3 is 5.73 Å². The standard InChI is InChI=1S/C17H26F2N2/c1-3-13-6-8-17(12-20,9-7-13)21(2)11-14-4-5-15(18)10-16(14)19/h4-5,10,13H,3,6-9,11-12,20H2,1-2H3. The van der Waals surface area contributed by atoms with Crippen LogP contribution in [0.15, 0.2) is 18.2 Å². The summed E-state index contributed by atoms with van der Waals surface area (Å²) in [5, 5.41) is 0. The molecule has 1 aliphatic carbocycles.